The molecule has 0 spiro atoms. The van der Waals surface area contributed by atoms with Crippen molar-refractivity contribution in [2.75, 3.05) is 11.5 Å². The number of rotatable bonds is 2. The second-order valence-corrected chi connectivity index (χ2v) is 3.29. The molecule has 18 heavy (non-hydrogen) atoms. The molecule has 0 aliphatic rings. The molecule has 2 aromatic rings. The quantitative estimate of drug-likeness (QED) is 0.593. The molecule has 1 heterocycles. The van der Waals surface area contributed by atoms with Gasteiger partial charge in [-0.3, -0.25) is 10.1 Å². The SMILES string of the molecule is Nc1nc(N)nc(-c2ccc(F)cc2[N+](=O)[O-])n1. The van der Waals surface area contributed by atoms with Crippen LogP contribution in [0.5, 0.6) is 0 Å². The van der Waals surface area contributed by atoms with E-state index in [0.29, 0.717) is 0 Å². The Bertz CT molecular complexity index is 612. The molecule has 0 bridgehead atoms. The Balaban J connectivity index is 2.66. The van der Waals surface area contributed by atoms with Gasteiger partial charge in [0.05, 0.1) is 16.6 Å². The summed E-state index contributed by atoms with van der Waals surface area (Å²) in [6, 6.07) is 3.01. The van der Waals surface area contributed by atoms with Gasteiger partial charge in [-0.1, -0.05) is 0 Å². The van der Waals surface area contributed by atoms with Crippen LogP contribution < -0.4 is 11.5 Å². The van der Waals surface area contributed by atoms with Crippen LogP contribution in [0.25, 0.3) is 11.4 Å². The van der Waals surface area contributed by atoms with Crippen molar-refractivity contribution in [1.29, 1.82) is 0 Å². The number of nitro groups is 1. The van der Waals surface area contributed by atoms with Crippen LogP contribution in [0.4, 0.5) is 22.0 Å². The minimum Gasteiger partial charge on any atom is -0.368 e. The largest absolute Gasteiger partial charge is 0.368 e. The van der Waals surface area contributed by atoms with Crippen molar-refractivity contribution in [2.45, 2.75) is 0 Å². The van der Waals surface area contributed by atoms with Crippen LogP contribution in [-0.4, -0.2) is 19.9 Å². The Kier molecular flexibility index (Phi) is 2.72. The van der Waals surface area contributed by atoms with Crippen LogP contribution in [0.2, 0.25) is 0 Å². The number of halogens is 1. The van der Waals surface area contributed by atoms with E-state index in [2.05, 4.69) is 15.0 Å². The van der Waals surface area contributed by atoms with Crippen molar-refractivity contribution >= 4 is 17.6 Å². The molecule has 4 N–H and O–H groups in total. The van der Waals surface area contributed by atoms with Crippen LogP contribution >= 0.6 is 0 Å². The normalized spacial score (nSPS) is 10.3. The van der Waals surface area contributed by atoms with E-state index < -0.39 is 16.4 Å². The summed E-state index contributed by atoms with van der Waals surface area (Å²) in [4.78, 5) is 21.1. The molecule has 0 atom stereocenters. The molecule has 0 saturated carbocycles. The van der Waals surface area contributed by atoms with E-state index in [1.165, 1.54) is 6.07 Å². The fourth-order valence-electron chi connectivity index (χ4n) is 1.37. The summed E-state index contributed by atoms with van der Waals surface area (Å²) in [5.41, 5.74) is 10.3. The monoisotopic (exact) mass is 250 g/mol. The Hall–Kier alpha value is -2.84. The molecule has 0 unspecified atom stereocenters. The smallest absolute Gasteiger partial charge is 0.283 e. The Morgan fingerprint density at radius 1 is 1.17 bits per heavy atom. The lowest BCUT2D eigenvalue weighted by Gasteiger charge is -2.03. The molecule has 0 aliphatic carbocycles. The van der Waals surface area contributed by atoms with Crippen LogP contribution in [0.1, 0.15) is 0 Å². The predicted octanol–water partition coefficient (Wildman–Crippen LogP) is 0.750. The van der Waals surface area contributed by atoms with E-state index in [9.17, 15) is 14.5 Å². The zero-order valence-corrected chi connectivity index (χ0v) is 8.87. The molecule has 0 fully saturated rings. The topological polar surface area (TPSA) is 134 Å². The van der Waals surface area contributed by atoms with Crippen LogP contribution in [0.15, 0.2) is 18.2 Å². The number of hydrogen-bond acceptors (Lipinski definition) is 7. The van der Waals surface area contributed by atoms with Gasteiger partial charge >= 0.3 is 0 Å². The Labute approximate surface area is 99.6 Å². The van der Waals surface area contributed by atoms with Gasteiger partial charge in [0, 0.05) is 0 Å². The van der Waals surface area contributed by atoms with Gasteiger partial charge in [0.1, 0.15) is 5.82 Å². The van der Waals surface area contributed by atoms with Crippen molar-refractivity contribution in [3.05, 3.63) is 34.1 Å². The van der Waals surface area contributed by atoms with E-state index in [0.717, 1.165) is 12.1 Å². The first kappa shape index (κ1) is 11.6. The average molecular weight is 250 g/mol. The molecule has 0 aliphatic heterocycles. The summed E-state index contributed by atoms with van der Waals surface area (Å²) >= 11 is 0. The lowest BCUT2D eigenvalue weighted by atomic mass is 10.1. The molecule has 92 valence electrons. The van der Waals surface area contributed by atoms with E-state index in [-0.39, 0.29) is 23.3 Å². The van der Waals surface area contributed by atoms with E-state index in [1.807, 2.05) is 0 Å². The first-order valence-corrected chi connectivity index (χ1v) is 4.68. The zero-order valence-electron chi connectivity index (χ0n) is 8.87. The Morgan fingerprint density at radius 2 is 1.78 bits per heavy atom. The summed E-state index contributed by atoms with van der Waals surface area (Å²) in [6.07, 6.45) is 0. The van der Waals surface area contributed by atoms with Gasteiger partial charge in [-0.2, -0.15) is 15.0 Å². The van der Waals surface area contributed by atoms with Gasteiger partial charge in [0.25, 0.3) is 5.69 Å². The maximum atomic E-state index is 13.0. The summed E-state index contributed by atoms with van der Waals surface area (Å²) in [6.45, 7) is 0. The molecular formula is C9H7FN6O2. The van der Waals surface area contributed by atoms with Gasteiger partial charge in [-0.05, 0) is 12.1 Å². The average Bonchev–Trinajstić information content (AvgIpc) is 2.27. The highest BCUT2D eigenvalue weighted by Gasteiger charge is 2.19. The van der Waals surface area contributed by atoms with Crippen molar-refractivity contribution < 1.29 is 9.31 Å². The third kappa shape index (κ3) is 2.14. The summed E-state index contributed by atoms with van der Waals surface area (Å²) in [7, 11) is 0. The summed E-state index contributed by atoms with van der Waals surface area (Å²) in [5.74, 6) is -1.15. The third-order valence-corrected chi connectivity index (χ3v) is 2.07. The highest BCUT2D eigenvalue weighted by atomic mass is 19.1. The highest BCUT2D eigenvalue weighted by molar-refractivity contribution is 5.68. The maximum Gasteiger partial charge on any atom is 0.283 e. The highest BCUT2D eigenvalue weighted by Crippen LogP contribution is 2.28. The molecular weight excluding hydrogens is 243 g/mol. The fourth-order valence-corrected chi connectivity index (χ4v) is 1.37. The number of nitrogen functional groups attached to an aromatic ring is 2. The molecule has 1 aromatic heterocycles. The molecule has 0 radical (unpaired) electrons. The lowest BCUT2D eigenvalue weighted by molar-refractivity contribution is -0.384. The van der Waals surface area contributed by atoms with Gasteiger partial charge < -0.3 is 11.5 Å². The van der Waals surface area contributed by atoms with Gasteiger partial charge in [0.2, 0.25) is 11.9 Å². The maximum absolute atomic E-state index is 13.0. The third-order valence-electron chi connectivity index (χ3n) is 2.07. The zero-order chi connectivity index (χ0) is 13.3. The fraction of sp³-hybridized carbons (Fsp3) is 0. The van der Waals surface area contributed by atoms with E-state index >= 15 is 0 Å². The molecule has 0 saturated heterocycles. The number of nitrogens with zero attached hydrogens (tertiary/aromatic N) is 4. The first-order chi connectivity index (χ1) is 8.47. The predicted molar refractivity (Wildman–Crippen MR) is 60.7 cm³/mol. The molecule has 9 heteroatoms. The van der Waals surface area contributed by atoms with Crippen molar-refractivity contribution in [3.63, 3.8) is 0 Å². The van der Waals surface area contributed by atoms with Crippen LogP contribution in [-0.2, 0) is 0 Å². The Morgan fingerprint density at radius 3 is 2.33 bits per heavy atom. The second-order valence-electron chi connectivity index (χ2n) is 3.29. The standard InChI is InChI=1S/C9H7FN6O2/c10-4-1-2-5(6(3-4)16(17)18)7-13-8(11)15-9(12)14-7/h1-3H,(H4,11,12,13,14,15). The number of benzene rings is 1. The van der Waals surface area contributed by atoms with Crippen LogP contribution in [0.3, 0.4) is 0 Å². The summed E-state index contributed by atoms with van der Waals surface area (Å²) in [5, 5.41) is 10.8. The second kappa shape index (κ2) is 4.20. The molecule has 8 nitrogen and oxygen atoms in total. The van der Waals surface area contributed by atoms with Gasteiger partial charge in [-0.25, -0.2) is 4.39 Å². The number of nitrogens with two attached hydrogens (primary N) is 2. The van der Waals surface area contributed by atoms with Crippen molar-refractivity contribution in [2.24, 2.45) is 0 Å². The van der Waals surface area contributed by atoms with E-state index in [4.69, 9.17) is 11.5 Å². The molecule has 1 aromatic carbocycles. The number of nitro benzene ring substituents is 1. The number of aromatic nitrogens is 3. The summed E-state index contributed by atoms with van der Waals surface area (Å²) < 4.78 is 13.0. The number of anilines is 2. The molecule has 2 rings (SSSR count). The lowest BCUT2D eigenvalue weighted by Crippen LogP contribution is -2.05. The van der Waals surface area contributed by atoms with Gasteiger partial charge in [0.15, 0.2) is 5.82 Å². The minimum atomic E-state index is -0.741. The minimum absolute atomic E-state index is 0.0159. The van der Waals surface area contributed by atoms with Crippen molar-refractivity contribution in [3.8, 4) is 11.4 Å². The van der Waals surface area contributed by atoms with Crippen LogP contribution in [0, 0.1) is 15.9 Å². The number of hydrogen-bond donors (Lipinski definition) is 2. The molecule has 0 amide bonds. The van der Waals surface area contributed by atoms with Crippen molar-refractivity contribution in [1.82, 2.24) is 15.0 Å². The first-order valence-electron chi connectivity index (χ1n) is 4.68. The van der Waals surface area contributed by atoms with E-state index in [1.54, 1.807) is 0 Å². The van der Waals surface area contributed by atoms with Gasteiger partial charge in [-0.15, -0.1) is 0 Å².